The number of rotatable bonds is 10. The summed E-state index contributed by atoms with van der Waals surface area (Å²) in [6.45, 7) is 7.35. The van der Waals surface area contributed by atoms with Crippen molar-refractivity contribution in [1.29, 1.82) is 0 Å². The molecule has 1 unspecified atom stereocenters. The fraction of sp³-hybridized carbons (Fsp3) is 0.941. The Kier molecular flexibility index (Phi) is 9.06. The maximum atomic E-state index is 12.6. The summed E-state index contributed by atoms with van der Waals surface area (Å²) in [5.41, 5.74) is 0. The van der Waals surface area contributed by atoms with Crippen molar-refractivity contribution in [3.8, 4) is 0 Å². The number of β-amino-alcohol motifs (C(OH)–C–C–N with tert-alkyl or cyclic N) is 1. The molecule has 1 heterocycles. The average molecular weight is 330 g/mol. The second-order valence-electron chi connectivity index (χ2n) is 6.31. The molecule has 1 fully saturated rings. The van der Waals surface area contributed by atoms with Gasteiger partial charge in [-0.15, -0.1) is 0 Å². The lowest BCUT2D eigenvalue weighted by Crippen LogP contribution is -2.58. The fourth-order valence-corrected chi connectivity index (χ4v) is 3.01. The van der Waals surface area contributed by atoms with Crippen LogP contribution in [0, 0.1) is 0 Å². The number of amides is 1. The molecule has 6 nitrogen and oxygen atoms in total. The lowest BCUT2D eigenvalue weighted by Gasteiger charge is -2.43. The summed E-state index contributed by atoms with van der Waals surface area (Å²) in [7, 11) is 3.09. The van der Waals surface area contributed by atoms with Gasteiger partial charge in [-0.2, -0.15) is 0 Å². The molecule has 1 aliphatic heterocycles. The molecule has 1 atom stereocenters. The highest BCUT2D eigenvalue weighted by Crippen LogP contribution is 2.26. The molecule has 1 N–H and O–H groups in total. The summed E-state index contributed by atoms with van der Waals surface area (Å²) in [5.74, 6) is -0.787. The first-order chi connectivity index (χ1) is 11.0. The molecule has 1 rings (SSSR count). The molecule has 136 valence electrons. The van der Waals surface area contributed by atoms with E-state index in [2.05, 4.69) is 13.8 Å². The number of aliphatic hydroxyl groups is 1. The zero-order chi connectivity index (χ0) is 17.3. The molecule has 0 aromatic heterocycles. The van der Waals surface area contributed by atoms with Crippen LogP contribution < -0.4 is 0 Å². The van der Waals surface area contributed by atoms with Crippen LogP contribution in [0.2, 0.25) is 0 Å². The molecule has 0 aliphatic carbocycles. The van der Waals surface area contributed by atoms with Gasteiger partial charge in [0.15, 0.2) is 5.79 Å². The molecule has 0 aromatic rings. The molecule has 6 heteroatoms. The second-order valence-corrected chi connectivity index (χ2v) is 6.31. The summed E-state index contributed by atoms with van der Waals surface area (Å²) in [5, 5.41) is 10.3. The highest BCUT2D eigenvalue weighted by Gasteiger charge is 2.43. The minimum atomic E-state index is -0.941. The van der Waals surface area contributed by atoms with E-state index in [-0.39, 0.29) is 5.91 Å². The second kappa shape index (κ2) is 10.2. The number of ether oxygens (including phenoxy) is 2. The number of hydrogen-bond donors (Lipinski definition) is 1. The van der Waals surface area contributed by atoms with E-state index >= 15 is 0 Å². The normalized spacial score (nSPS) is 21.3. The van der Waals surface area contributed by atoms with Crippen LogP contribution in [0.4, 0.5) is 0 Å². The number of piperidine rings is 1. The number of nitrogens with zero attached hydrogens (tertiary/aromatic N) is 2. The van der Waals surface area contributed by atoms with E-state index in [9.17, 15) is 9.90 Å². The largest absolute Gasteiger partial charge is 0.386 e. The Labute approximate surface area is 140 Å². The number of likely N-dealkylation sites (tertiary alicyclic amines) is 1. The third kappa shape index (κ3) is 5.71. The first-order valence-corrected chi connectivity index (χ1v) is 8.81. The Hall–Kier alpha value is -0.690. The third-order valence-corrected chi connectivity index (χ3v) is 4.68. The van der Waals surface area contributed by atoms with Crippen molar-refractivity contribution in [2.45, 2.75) is 57.8 Å². The average Bonchev–Trinajstić information content (AvgIpc) is 2.55. The van der Waals surface area contributed by atoms with E-state index in [1.807, 2.05) is 9.80 Å². The van der Waals surface area contributed by atoms with Gasteiger partial charge < -0.3 is 19.5 Å². The minimum Gasteiger partial charge on any atom is -0.386 e. The first-order valence-electron chi connectivity index (χ1n) is 8.81. The molecular formula is C17H34N2O4. The van der Waals surface area contributed by atoms with Crippen molar-refractivity contribution >= 4 is 5.91 Å². The zero-order valence-corrected chi connectivity index (χ0v) is 15.2. The van der Waals surface area contributed by atoms with Crippen LogP contribution in [0.5, 0.6) is 0 Å². The van der Waals surface area contributed by atoms with Gasteiger partial charge in [0.2, 0.25) is 5.91 Å². The van der Waals surface area contributed by atoms with Gasteiger partial charge >= 0.3 is 0 Å². The van der Waals surface area contributed by atoms with E-state index in [1.54, 1.807) is 14.2 Å². The van der Waals surface area contributed by atoms with Crippen LogP contribution in [0.1, 0.15) is 46.0 Å². The Morgan fingerprint density at radius 2 is 1.78 bits per heavy atom. The number of aliphatic hydroxyl groups excluding tert-OH is 1. The summed E-state index contributed by atoms with van der Waals surface area (Å²) < 4.78 is 10.7. The summed E-state index contributed by atoms with van der Waals surface area (Å²) in [4.78, 5) is 16.5. The predicted molar refractivity (Wildman–Crippen MR) is 90.2 cm³/mol. The van der Waals surface area contributed by atoms with Crippen molar-refractivity contribution in [2.75, 3.05) is 46.9 Å². The maximum absolute atomic E-state index is 12.6. The van der Waals surface area contributed by atoms with Crippen molar-refractivity contribution in [3.63, 3.8) is 0 Å². The van der Waals surface area contributed by atoms with Gasteiger partial charge in [-0.25, -0.2) is 0 Å². The van der Waals surface area contributed by atoms with E-state index < -0.39 is 11.9 Å². The van der Waals surface area contributed by atoms with Crippen LogP contribution in [-0.4, -0.2) is 79.6 Å². The molecule has 0 saturated carbocycles. The Bertz CT molecular complexity index is 339. The topological polar surface area (TPSA) is 62.2 Å². The lowest BCUT2D eigenvalue weighted by atomic mass is 10.00. The molecule has 0 spiro atoms. The van der Waals surface area contributed by atoms with Crippen molar-refractivity contribution in [3.05, 3.63) is 0 Å². The standard InChI is InChI=1S/C17H34N2O4/c1-5-7-10-19(11-8-6-2)16(21)14-18-12-9-17(22-3,23-4)15(20)13-18/h15,20H,5-14H2,1-4H3. The quantitative estimate of drug-likeness (QED) is 0.615. The van der Waals surface area contributed by atoms with E-state index in [0.29, 0.717) is 26.1 Å². The fourth-order valence-electron chi connectivity index (χ4n) is 3.01. The van der Waals surface area contributed by atoms with Gasteiger partial charge in [-0.05, 0) is 12.8 Å². The number of hydrogen-bond acceptors (Lipinski definition) is 5. The molecule has 1 amide bonds. The van der Waals surface area contributed by atoms with Crippen LogP contribution in [0.3, 0.4) is 0 Å². The van der Waals surface area contributed by atoms with Gasteiger partial charge in [-0.1, -0.05) is 26.7 Å². The molecule has 23 heavy (non-hydrogen) atoms. The van der Waals surface area contributed by atoms with Crippen LogP contribution >= 0.6 is 0 Å². The van der Waals surface area contributed by atoms with Gasteiger partial charge in [0.1, 0.15) is 6.10 Å². The molecule has 1 saturated heterocycles. The monoisotopic (exact) mass is 330 g/mol. The van der Waals surface area contributed by atoms with Crippen LogP contribution in [0.15, 0.2) is 0 Å². The van der Waals surface area contributed by atoms with E-state index in [0.717, 1.165) is 38.8 Å². The lowest BCUT2D eigenvalue weighted by molar-refractivity contribution is -0.278. The number of carbonyl (C=O) groups excluding carboxylic acids is 1. The highest BCUT2D eigenvalue weighted by molar-refractivity contribution is 5.78. The first kappa shape index (κ1) is 20.4. The molecular weight excluding hydrogens is 296 g/mol. The smallest absolute Gasteiger partial charge is 0.236 e. The highest BCUT2D eigenvalue weighted by atomic mass is 16.7. The summed E-state index contributed by atoms with van der Waals surface area (Å²) >= 11 is 0. The SMILES string of the molecule is CCCCN(CCCC)C(=O)CN1CCC(OC)(OC)C(O)C1. The van der Waals surface area contributed by atoms with Gasteiger partial charge in [0.25, 0.3) is 0 Å². The summed E-state index contributed by atoms with van der Waals surface area (Å²) in [6.07, 6.45) is 4.05. The van der Waals surface area contributed by atoms with E-state index in [4.69, 9.17) is 9.47 Å². The maximum Gasteiger partial charge on any atom is 0.236 e. The number of methoxy groups -OCH3 is 2. The molecule has 0 bridgehead atoms. The van der Waals surface area contributed by atoms with Gasteiger partial charge in [-0.3, -0.25) is 9.69 Å². The summed E-state index contributed by atoms with van der Waals surface area (Å²) in [6, 6.07) is 0. The zero-order valence-electron chi connectivity index (χ0n) is 15.2. The Balaban J connectivity index is 2.55. The predicted octanol–water partition coefficient (Wildman–Crippen LogP) is 1.47. The Morgan fingerprint density at radius 3 is 2.22 bits per heavy atom. The molecule has 0 aromatic carbocycles. The van der Waals surface area contributed by atoms with Gasteiger partial charge in [0, 0.05) is 46.8 Å². The number of unbranched alkanes of at least 4 members (excludes halogenated alkanes) is 2. The van der Waals surface area contributed by atoms with E-state index in [1.165, 1.54) is 0 Å². The van der Waals surface area contributed by atoms with Crippen molar-refractivity contribution in [1.82, 2.24) is 9.80 Å². The molecule has 1 aliphatic rings. The third-order valence-electron chi connectivity index (χ3n) is 4.68. The van der Waals surface area contributed by atoms with Crippen LogP contribution in [-0.2, 0) is 14.3 Å². The van der Waals surface area contributed by atoms with Crippen molar-refractivity contribution in [2.24, 2.45) is 0 Å². The van der Waals surface area contributed by atoms with Crippen LogP contribution in [0.25, 0.3) is 0 Å². The van der Waals surface area contributed by atoms with Crippen molar-refractivity contribution < 1.29 is 19.4 Å². The Morgan fingerprint density at radius 1 is 1.22 bits per heavy atom. The minimum absolute atomic E-state index is 0.154. The molecule has 0 radical (unpaired) electrons. The van der Waals surface area contributed by atoms with Gasteiger partial charge in [0.05, 0.1) is 6.54 Å². The number of carbonyl (C=O) groups is 1.